The van der Waals surface area contributed by atoms with Crippen LogP contribution in [0.15, 0.2) is 42.5 Å². The van der Waals surface area contributed by atoms with Gasteiger partial charge in [-0.05, 0) is 29.8 Å². The number of rotatable bonds is 5. The van der Waals surface area contributed by atoms with Gasteiger partial charge in [-0.3, -0.25) is 4.79 Å². The Morgan fingerprint density at radius 3 is 2.48 bits per heavy atom. The number of hydrogen-bond donors (Lipinski definition) is 2. The Hall–Kier alpha value is -1.42. The molecule has 2 N–H and O–H groups in total. The molecule has 2 rings (SSSR count). The summed E-state index contributed by atoms with van der Waals surface area (Å²) in [5.74, 6) is -0.152. The van der Waals surface area contributed by atoms with Crippen molar-refractivity contribution >= 4 is 46.4 Å². The van der Waals surface area contributed by atoms with Crippen molar-refractivity contribution in [3.8, 4) is 0 Å². The van der Waals surface area contributed by atoms with E-state index in [1.807, 2.05) is 18.2 Å². The minimum Gasteiger partial charge on any atom is -0.375 e. The molecule has 0 spiro atoms. The highest BCUT2D eigenvalue weighted by atomic mass is 35.5. The van der Waals surface area contributed by atoms with Crippen molar-refractivity contribution in [1.29, 1.82) is 0 Å². The summed E-state index contributed by atoms with van der Waals surface area (Å²) in [6.45, 7) is 0.480. The van der Waals surface area contributed by atoms with Crippen LogP contribution in [0.2, 0.25) is 15.1 Å². The minimum absolute atomic E-state index is 0.134. The lowest BCUT2D eigenvalue weighted by Crippen LogP contribution is -2.29. The summed E-state index contributed by atoms with van der Waals surface area (Å²) in [7, 11) is 0. The van der Waals surface area contributed by atoms with Crippen LogP contribution in [0.4, 0.5) is 5.69 Å². The Kier molecular flexibility index (Phi) is 5.74. The van der Waals surface area contributed by atoms with Crippen LogP contribution in [-0.4, -0.2) is 12.5 Å². The van der Waals surface area contributed by atoms with E-state index >= 15 is 0 Å². The van der Waals surface area contributed by atoms with E-state index in [2.05, 4.69) is 10.6 Å². The Bertz CT molecular complexity index is 647. The lowest BCUT2D eigenvalue weighted by Gasteiger charge is -2.10. The van der Waals surface area contributed by atoms with Gasteiger partial charge in [-0.25, -0.2) is 0 Å². The zero-order valence-corrected chi connectivity index (χ0v) is 13.3. The molecule has 0 bridgehead atoms. The first-order valence-electron chi connectivity index (χ1n) is 6.25. The monoisotopic (exact) mass is 342 g/mol. The van der Waals surface area contributed by atoms with Crippen molar-refractivity contribution in [1.82, 2.24) is 5.32 Å². The molecule has 0 saturated heterocycles. The summed E-state index contributed by atoms with van der Waals surface area (Å²) >= 11 is 17.8. The summed E-state index contributed by atoms with van der Waals surface area (Å²) in [6, 6.07) is 12.4. The van der Waals surface area contributed by atoms with Gasteiger partial charge < -0.3 is 10.6 Å². The van der Waals surface area contributed by atoms with Crippen LogP contribution in [0.1, 0.15) is 5.56 Å². The smallest absolute Gasteiger partial charge is 0.239 e. The maximum atomic E-state index is 11.8. The number of carbonyl (C=O) groups excluding carboxylic acids is 1. The van der Waals surface area contributed by atoms with Crippen molar-refractivity contribution < 1.29 is 4.79 Å². The molecule has 2 aromatic rings. The topological polar surface area (TPSA) is 41.1 Å². The summed E-state index contributed by atoms with van der Waals surface area (Å²) in [5.41, 5.74) is 1.53. The summed E-state index contributed by atoms with van der Waals surface area (Å²) in [6.07, 6.45) is 0. The van der Waals surface area contributed by atoms with E-state index in [1.165, 1.54) is 0 Å². The lowest BCUT2D eigenvalue weighted by atomic mass is 10.2. The van der Waals surface area contributed by atoms with Gasteiger partial charge in [-0.2, -0.15) is 0 Å². The van der Waals surface area contributed by atoms with E-state index in [1.54, 1.807) is 24.3 Å². The first-order valence-corrected chi connectivity index (χ1v) is 7.38. The number of para-hydroxylation sites is 1. The molecule has 0 atom stereocenters. The molecule has 0 aliphatic heterocycles. The van der Waals surface area contributed by atoms with E-state index in [9.17, 15) is 4.79 Å². The van der Waals surface area contributed by atoms with Crippen LogP contribution in [0.5, 0.6) is 0 Å². The van der Waals surface area contributed by atoms with Gasteiger partial charge in [0, 0.05) is 16.6 Å². The van der Waals surface area contributed by atoms with Gasteiger partial charge in [0.15, 0.2) is 0 Å². The van der Waals surface area contributed by atoms with Crippen LogP contribution in [0.25, 0.3) is 0 Å². The fourth-order valence-corrected chi connectivity index (χ4v) is 2.38. The van der Waals surface area contributed by atoms with Crippen molar-refractivity contribution in [2.24, 2.45) is 0 Å². The maximum absolute atomic E-state index is 11.8. The standard InChI is InChI=1S/C15H13Cl3N2O/c16-11-6-5-10(13(18)7-11)8-20-15(21)9-19-14-4-2-1-3-12(14)17/h1-7,19H,8-9H2,(H,20,21). The average molecular weight is 344 g/mol. The predicted molar refractivity (Wildman–Crippen MR) is 88.3 cm³/mol. The molecule has 21 heavy (non-hydrogen) atoms. The van der Waals surface area contributed by atoms with Gasteiger partial charge in [0.2, 0.25) is 5.91 Å². The molecule has 0 aromatic heterocycles. The zero-order chi connectivity index (χ0) is 15.2. The molecule has 0 radical (unpaired) electrons. The van der Waals surface area contributed by atoms with Crippen LogP contribution in [0, 0.1) is 0 Å². The molecule has 0 aliphatic rings. The Morgan fingerprint density at radius 1 is 1.00 bits per heavy atom. The maximum Gasteiger partial charge on any atom is 0.239 e. The number of nitrogens with one attached hydrogen (secondary N) is 2. The molecule has 6 heteroatoms. The quantitative estimate of drug-likeness (QED) is 0.846. The first-order chi connectivity index (χ1) is 10.1. The van der Waals surface area contributed by atoms with Gasteiger partial charge in [0.1, 0.15) is 0 Å². The minimum atomic E-state index is -0.152. The lowest BCUT2D eigenvalue weighted by molar-refractivity contribution is -0.119. The van der Waals surface area contributed by atoms with E-state index < -0.39 is 0 Å². The third-order valence-electron chi connectivity index (χ3n) is 2.80. The number of anilines is 1. The van der Waals surface area contributed by atoms with Crippen LogP contribution >= 0.6 is 34.8 Å². The highest BCUT2D eigenvalue weighted by Crippen LogP contribution is 2.21. The average Bonchev–Trinajstić information content (AvgIpc) is 2.45. The Balaban J connectivity index is 1.84. The highest BCUT2D eigenvalue weighted by molar-refractivity contribution is 6.35. The van der Waals surface area contributed by atoms with Crippen molar-refractivity contribution in [2.75, 3.05) is 11.9 Å². The van der Waals surface area contributed by atoms with E-state index in [-0.39, 0.29) is 12.5 Å². The number of carbonyl (C=O) groups is 1. The molecule has 0 fully saturated rings. The van der Waals surface area contributed by atoms with Crippen molar-refractivity contribution in [2.45, 2.75) is 6.54 Å². The second kappa shape index (κ2) is 7.55. The molecule has 0 aliphatic carbocycles. The van der Waals surface area contributed by atoms with Crippen LogP contribution < -0.4 is 10.6 Å². The predicted octanol–water partition coefficient (Wildman–Crippen LogP) is 4.38. The zero-order valence-electron chi connectivity index (χ0n) is 11.0. The van der Waals surface area contributed by atoms with Crippen LogP contribution in [-0.2, 0) is 11.3 Å². The third-order valence-corrected chi connectivity index (χ3v) is 3.72. The van der Waals surface area contributed by atoms with E-state index in [0.717, 1.165) is 11.3 Å². The second-order valence-electron chi connectivity index (χ2n) is 4.35. The highest BCUT2D eigenvalue weighted by Gasteiger charge is 2.05. The third kappa shape index (κ3) is 4.81. The Morgan fingerprint density at radius 2 is 1.76 bits per heavy atom. The number of halogens is 3. The number of benzene rings is 2. The number of amides is 1. The second-order valence-corrected chi connectivity index (χ2v) is 5.60. The Labute approximate surface area is 138 Å². The molecular formula is C15H13Cl3N2O. The van der Waals surface area contributed by atoms with E-state index in [4.69, 9.17) is 34.8 Å². The van der Waals surface area contributed by atoms with Gasteiger partial charge in [0.05, 0.1) is 17.3 Å². The van der Waals surface area contributed by atoms with Crippen molar-refractivity contribution in [3.63, 3.8) is 0 Å². The molecule has 0 heterocycles. The van der Waals surface area contributed by atoms with Gasteiger partial charge in [-0.1, -0.05) is 53.0 Å². The van der Waals surface area contributed by atoms with Crippen molar-refractivity contribution in [3.05, 3.63) is 63.1 Å². The van der Waals surface area contributed by atoms with E-state index in [0.29, 0.717) is 21.6 Å². The summed E-state index contributed by atoms with van der Waals surface area (Å²) < 4.78 is 0. The molecule has 0 unspecified atom stereocenters. The SMILES string of the molecule is O=C(CNc1ccccc1Cl)NCc1ccc(Cl)cc1Cl. The molecular weight excluding hydrogens is 331 g/mol. The fraction of sp³-hybridized carbons (Fsp3) is 0.133. The molecule has 110 valence electrons. The largest absolute Gasteiger partial charge is 0.375 e. The molecule has 2 aromatic carbocycles. The summed E-state index contributed by atoms with van der Waals surface area (Å²) in [4.78, 5) is 11.8. The van der Waals surface area contributed by atoms with Crippen LogP contribution in [0.3, 0.4) is 0 Å². The number of hydrogen-bond acceptors (Lipinski definition) is 2. The fourth-order valence-electron chi connectivity index (χ4n) is 1.70. The first kappa shape index (κ1) is 16.0. The summed E-state index contributed by atoms with van der Waals surface area (Å²) in [5, 5.41) is 7.42. The van der Waals surface area contributed by atoms with Gasteiger partial charge >= 0.3 is 0 Å². The molecule has 0 saturated carbocycles. The normalized spacial score (nSPS) is 10.2. The van der Waals surface area contributed by atoms with Gasteiger partial charge in [-0.15, -0.1) is 0 Å². The molecule has 3 nitrogen and oxygen atoms in total. The molecule has 1 amide bonds. The van der Waals surface area contributed by atoms with Gasteiger partial charge in [0.25, 0.3) is 0 Å².